The lowest BCUT2D eigenvalue weighted by Gasteiger charge is -2.33. The zero-order valence-corrected chi connectivity index (χ0v) is 23.8. The van der Waals surface area contributed by atoms with Crippen molar-refractivity contribution in [2.45, 2.75) is 68.5 Å². The largest absolute Gasteiger partial charge is 0.352 e. The van der Waals surface area contributed by atoms with Crippen molar-refractivity contribution < 1.29 is 9.59 Å². The highest BCUT2D eigenvalue weighted by atomic mass is 35.5. The van der Waals surface area contributed by atoms with Crippen LogP contribution < -0.4 is 5.32 Å². The van der Waals surface area contributed by atoms with Gasteiger partial charge in [0.15, 0.2) is 0 Å². The number of nitrogens with zero attached hydrogens (tertiary/aromatic N) is 1. The smallest absolute Gasteiger partial charge is 0.243 e. The minimum atomic E-state index is -0.653. The maximum atomic E-state index is 13.8. The number of thioether (sulfide) groups is 1. The minimum Gasteiger partial charge on any atom is -0.352 e. The van der Waals surface area contributed by atoms with Gasteiger partial charge < -0.3 is 10.2 Å². The second-order valence-electron chi connectivity index (χ2n) is 9.72. The Morgan fingerprint density at radius 3 is 2.29 bits per heavy atom. The Hall–Kier alpha value is -2.47. The zero-order valence-electron chi connectivity index (χ0n) is 21.5. The molecule has 2 amide bonds. The van der Waals surface area contributed by atoms with Crippen molar-refractivity contribution in [2.24, 2.45) is 0 Å². The van der Waals surface area contributed by atoms with E-state index in [-0.39, 0.29) is 24.4 Å². The van der Waals surface area contributed by atoms with Gasteiger partial charge in [0.1, 0.15) is 6.04 Å². The van der Waals surface area contributed by atoms with Crippen molar-refractivity contribution in [1.82, 2.24) is 10.2 Å². The Morgan fingerprint density at radius 1 is 0.921 bits per heavy atom. The molecule has 0 radical (unpaired) electrons. The van der Waals surface area contributed by atoms with Gasteiger partial charge in [0.25, 0.3) is 0 Å². The summed E-state index contributed by atoms with van der Waals surface area (Å²) in [6.45, 7) is 0.237. The molecule has 0 aromatic heterocycles. The van der Waals surface area contributed by atoms with Crippen LogP contribution in [0.4, 0.5) is 0 Å². The van der Waals surface area contributed by atoms with Gasteiger partial charge in [-0.25, -0.2) is 0 Å². The SMILES string of the molecule is O=C(NC1CCCCC1)C(Cc1ccccc1)N(Cc1ccc(Cl)cc1Cl)C(=O)CCSc1ccccc1. The summed E-state index contributed by atoms with van der Waals surface area (Å²) in [5.41, 5.74) is 1.78. The Bertz CT molecular complexity index is 1190. The monoisotopic (exact) mass is 568 g/mol. The number of hydrogen-bond donors (Lipinski definition) is 1. The van der Waals surface area contributed by atoms with E-state index in [1.54, 1.807) is 28.8 Å². The standard InChI is InChI=1S/C31H34Cl2N2O2S/c32-25-17-16-24(28(33)21-25)22-35(30(36)18-19-38-27-14-8-3-9-15-27)29(20-23-10-4-1-5-11-23)31(37)34-26-12-6-2-7-13-26/h1,3-5,8-11,14-17,21,26,29H,2,6-7,12-13,18-20,22H2,(H,34,37). The third-order valence-electron chi connectivity index (χ3n) is 6.91. The van der Waals surface area contributed by atoms with E-state index in [2.05, 4.69) is 5.32 Å². The molecule has 200 valence electrons. The molecular weight excluding hydrogens is 535 g/mol. The first-order chi connectivity index (χ1) is 18.5. The molecule has 0 bridgehead atoms. The molecule has 0 spiro atoms. The highest BCUT2D eigenvalue weighted by Crippen LogP contribution is 2.26. The topological polar surface area (TPSA) is 49.4 Å². The number of hydrogen-bond acceptors (Lipinski definition) is 3. The van der Waals surface area contributed by atoms with Crippen LogP contribution in [0.2, 0.25) is 10.0 Å². The number of nitrogens with one attached hydrogen (secondary N) is 1. The molecule has 38 heavy (non-hydrogen) atoms. The first-order valence-corrected chi connectivity index (χ1v) is 15.0. The fourth-order valence-electron chi connectivity index (χ4n) is 4.85. The molecule has 0 aliphatic heterocycles. The van der Waals surface area contributed by atoms with Crippen LogP contribution in [0, 0.1) is 0 Å². The maximum Gasteiger partial charge on any atom is 0.243 e. The van der Waals surface area contributed by atoms with Gasteiger partial charge in [-0.15, -0.1) is 11.8 Å². The van der Waals surface area contributed by atoms with E-state index in [0.29, 0.717) is 28.6 Å². The van der Waals surface area contributed by atoms with Crippen LogP contribution in [0.1, 0.15) is 49.7 Å². The molecule has 1 N–H and O–H groups in total. The van der Waals surface area contributed by atoms with E-state index < -0.39 is 6.04 Å². The van der Waals surface area contributed by atoms with Crippen LogP contribution in [0.3, 0.4) is 0 Å². The molecular formula is C31H34Cl2N2O2S. The summed E-state index contributed by atoms with van der Waals surface area (Å²) in [6, 6.07) is 24.7. The summed E-state index contributed by atoms with van der Waals surface area (Å²) in [6.07, 6.45) is 6.15. The van der Waals surface area contributed by atoms with E-state index in [1.165, 1.54) is 6.42 Å². The summed E-state index contributed by atoms with van der Waals surface area (Å²) in [5, 5.41) is 4.29. The fourth-order valence-corrected chi connectivity index (χ4v) is 6.18. The fraction of sp³-hybridized carbons (Fsp3) is 0.355. The zero-order chi connectivity index (χ0) is 26.7. The van der Waals surface area contributed by atoms with E-state index in [9.17, 15) is 9.59 Å². The van der Waals surface area contributed by atoms with Gasteiger partial charge in [-0.05, 0) is 48.2 Å². The van der Waals surface area contributed by atoms with Crippen LogP contribution in [0.15, 0.2) is 83.8 Å². The molecule has 7 heteroatoms. The Labute approximate surface area is 240 Å². The molecule has 4 rings (SSSR count). The van der Waals surface area contributed by atoms with Crippen LogP contribution in [0.25, 0.3) is 0 Å². The lowest BCUT2D eigenvalue weighted by Crippen LogP contribution is -2.53. The van der Waals surface area contributed by atoms with Gasteiger partial charge in [0, 0.05) is 46.1 Å². The van der Waals surface area contributed by atoms with Gasteiger partial charge in [0.05, 0.1) is 0 Å². The van der Waals surface area contributed by atoms with Crippen LogP contribution >= 0.6 is 35.0 Å². The minimum absolute atomic E-state index is 0.0702. The van der Waals surface area contributed by atoms with Crippen molar-refractivity contribution in [2.75, 3.05) is 5.75 Å². The van der Waals surface area contributed by atoms with Crippen molar-refractivity contribution in [1.29, 1.82) is 0 Å². The Balaban J connectivity index is 1.59. The summed E-state index contributed by atoms with van der Waals surface area (Å²) in [5.74, 6) is 0.449. The predicted molar refractivity (Wildman–Crippen MR) is 158 cm³/mol. The lowest BCUT2D eigenvalue weighted by molar-refractivity contribution is -0.141. The van der Waals surface area contributed by atoms with Gasteiger partial charge in [-0.1, -0.05) is 97.1 Å². The number of amides is 2. The number of halogens is 2. The normalized spacial score (nSPS) is 14.6. The van der Waals surface area contributed by atoms with E-state index in [4.69, 9.17) is 23.2 Å². The lowest BCUT2D eigenvalue weighted by atomic mass is 9.94. The number of benzene rings is 3. The molecule has 1 aliphatic rings. The molecule has 3 aromatic carbocycles. The van der Waals surface area contributed by atoms with E-state index in [1.807, 2.05) is 66.7 Å². The molecule has 4 nitrogen and oxygen atoms in total. The first kappa shape index (κ1) is 28.5. The Kier molecular flexibility index (Phi) is 11.0. The molecule has 3 aromatic rings. The van der Waals surface area contributed by atoms with E-state index in [0.717, 1.165) is 41.7 Å². The summed E-state index contributed by atoms with van der Waals surface area (Å²) < 4.78 is 0. The van der Waals surface area contributed by atoms with Crippen molar-refractivity contribution in [3.63, 3.8) is 0 Å². The molecule has 1 fully saturated rings. The second-order valence-corrected chi connectivity index (χ2v) is 11.7. The van der Waals surface area contributed by atoms with Crippen molar-refractivity contribution in [3.05, 3.63) is 100 Å². The first-order valence-electron chi connectivity index (χ1n) is 13.2. The van der Waals surface area contributed by atoms with Gasteiger partial charge >= 0.3 is 0 Å². The highest BCUT2D eigenvalue weighted by molar-refractivity contribution is 7.99. The molecule has 0 saturated heterocycles. The molecule has 0 heterocycles. The van der Waals surface area contributed by atoms with Crippen LogP contribution in [-0.4, -0.2) is 34.6 Å². The highest BCUT2D eigenvalue weighted by Gasteiger charge is 2.32. The molecule has 1 aliphatic carbocycles. The summed E-state index contributed by atoms with van der Waals surface area (Å²) in [7, 11) is 0. The maximum absolute atomic E-state index is 13.8. The Morgan fingerprint density at radius 2 is 1.61 bits per heavy atom. The third kappa shape index (κ3) is 8.52. The van der Waals surface area contributed by atoms with Gasteiger partial charge in [-0.3, -0.25) is 9.59 Å². The van der Waals surface area contributed by atoms with Crippen LogP contribution in [0.5, 0.6) is 0 Å². The van der Waals surface area contributed by atoms with E-state index >= 15 is 0 Å². The quantitative estimate of drug-likeness (QED) is 0.243. The molecule has 1 saturated carbocycles. The predicted octanol–water partition coefficient (Wildman–Crippen LogP) is 7.56. The van der Waals surface area contributed by atoms with Crippen molar-refractivity contribution in [3.8, 4) is 0 Å². The average molecular weight is 570 g/mol. The molecule has 1 atom stereocenters. The average Bonchev–Trinajstić information content (AvgIpc) is 2.93. The van der Waals surface area contributed by atoms with Crippen molar-refractivity contribution >= 4 is 46.8 Å². The number of carbonyl (C=O) groups is 2. The van der Waals surface area contributed by atoms with Crippen LogP contribution in [-0.2, 0) is 22.6 Å². The number of rotatable bonds is 11. The summed E-state index contributed by atoms with van der Waals surface area (Å²) in [4.78, 5) is 30.5. The third-order valence-corrected chi connectivity index (χ3v) is 8.51. The van der Waals surface area contributed by atoms with Gasteiger partial charge in [0.2, 0.25) is 11.8 Å². The molecule has 1 unspecified atom stereocenters. The summed E-state index contributed by atoms with van der Waals surface area (Å²) >= 11 is 14.3. The number of carbonyl (C=O) groups excluding carboxylic acids is 2. The van der Waals surface area contributed by atoms with Gasteiger partial charge in [-0.2, -0.15) is 0 Å². The second kappa shape index (κ2) is 14.6.